The standard InChI is InChI=1S/C75H118NO8P/c1-3-5-7-9-11-13-15-17-19-21-23-25-27-29-31-33-34-35-36-37-38-40-41-43-45-47-49-51-53-55-57-59-61-63-65-67-74(77)81-71-73(72-83-85(79,80)82-70-69-76)84-75(78)68-66-64-62-60-58-56-54-52-50-48-46-44-42-39-32-30-28-26-24-22-20-18-16-14-12-10-8-6-4-2/h5-8,11-14,17-20,23-26,29-32,34-35,37-38,42,44,48,50,54,56,60,62,73H,3-4,9-10,15-16,21-22,27-28,33,36,39-41,43,45-47,49,51-53,55,57-59,61,63-72,76H2,1-2H3,(H,79,80)/b7-5-,8-6-,13-11-,14-12-,19-17-,20-18-,25-23-,26-24-,31-29-,32-30-,35-34-,38-37-,44-42-,50-48-,56-54-,62-60-. The van der Waals surface area contributed by atoms with Gasteiger partial charge in [-0.05, 0) is 135 Å². The lowest BCUT2D eigenvalue weighted by molar-refractivity contribution is -0.161. The molecule has 3 N–H and O–H groups in total. The van der Waals surface area contributed by atoms with Crippen molar-refractivity contribution in [3.8, 4) is 0 Å². The second-order valence-electron chi connectivity index (χ2n) is 20.9. The van der Waals surface area contributed by atoms with E-state index in [1.165, 1.54) is 64.2 Å². The summed E-state index contributed by atoms with van der Waals surface area (Å²) in [6.07, 6.45) is 104. The molecule has 0 saturated carbocycles. The highest BCUT2D eigenvalue weighted by Crippen LogP contribution is 2.43. The van der Waals surface area contributed by atoms with Crippen LogP contribution in [0.25, 0.3) is 0 Å². The quantitative estimate of drug-likeness (QED) is 0.0264. The minimum absolute atomic E-state index is 0.0337. The van der Waals surface area contributed by atoms with Crippen LogP contribution in [0.5, 0.6) is 0 Å². The maximum atomic E-state index is 12.7. The van der Waals surface area contributed by atoms with Gasteiger partial charge < -0.3 is 20.1 Å². The highest BCUT2D eigenvalue weighted by atomic mass is 31.2. The highest BCUT2D eigenvalue weighted by molar-refractivity contribution is 7.47. The van der Waals surface area contributed by atoms with Crippen LogP contribution in [0.4, 0.5) is 0 Å². The van der Waals surface area contributed by atoms with E-state index in [9.17, 15) is 19.0 Å². The van der Waals surface area contributed by atoms with Gasteiger partial charge in [0.25, 0.3) is 0 Å². The molecule has 0 radical (unpaired) electrons. The first-order valence-corrected chi connectivity index (χ1v) is 34.4. The molecule has 0 aromatic rings. The molecule has 0 saturated heterocycles. The average molecular weight is 1190 g/mol. The molecule has 0 fully saturated rings. The summed E-state index contributed by atoms with van der Waals surface area (Å²) in [5, 5.41) is 0. The van der Waals surface area contributed by atoms with Crippen molar-refractivity contribution in [1.29, 1.82) is 0 Å². The smallest absolute Gasteiger partial charge is 0.462 e. The zero-order valence-electron chi connectivity index (χ0n) is 53.3. The number of unbranched alkanes of at least 4 members (excludes halogenated alkanes) is 14. The topological polar surface area (TPSA) is 134 Å². The first-order valence-electron chi connectivity index (χ1n) is 32.9. The first-order chi connectivity index (χ1) is 41.8. The van der Waals surface area contributed by atoms with Gasteiger partial charge >= 0.3 is 19.8 Å². The Labute approximate surface area is 519 Å². The summed E-state index contributed by atoms with van der Waals surface area (Å²) >= 11 is 0. The van der Waals surface area contributed by atoms with Crippen LogP contribution in [-0.2, 0) is 32.7 Å². The van der Waals surface area contributed by atoms with Crippen LogP contribution in [0.1, 0.15) is 232 Å². The van der Waals surface area contributed by atoms with Gasteiger partial charge in [0.1, 0.15) is 6.61 Å². The van der Waals surface area contributed by atoms with E-state index in [0.717, 1.165) is 122 Å². The lowest BCUT2D eigenvalue weighted by Gasteiger charge is -2.19. The number of phosphoric ester groups is 1. The maximum absolute atomic E-state index is 12.7. The number of esters is 2. The molecule has 0 aliphatic heterocycles. The lowest BCUT2D eigenvalue weighted by Crippen LogP contribution is -2.29. The van der Waals surface area contributed by atoms with E-state index in [1.54, 1.807) is 0 Å². The van der Waals surface area contributed by atoms with Crippen LogP contribution in [0.3, 0.4) is 0 Å². The highest BCUT2D eigenvalue weighted by Gasteiger charge is 2.26. The number of rotatable bonds is 59. The summed E-state index contributed by atoms with van der Waals surface area (Å²) in [5.74, 6) is -0.912. The molecule has 476 valence electrons. The van der Waals surface area contributed by atoms with Crippen molar-refractivity contribution in [1.82, 2.24) is 0 Å². The van der Waals surface area contributed by atoms with Crippen molar-refractivity contribution in [2.45, 2.75) is 238 Å². The third-order valence-electron chi connectivity index (χ3n) is 13.0. The molecule has 9 nitrogen and oxygen atoms in total. The molecule has 0 aliphatic rings. The Kier molecular flexibility index (Phi) is 63.9. The Morgan fingerprint density at radius 1 is 0.353 bits per heavy atom. The molecular weight excluding hydrogens is 1070 g/mol. The Morgan fingerprint density at radius 3 is 0.941 bits per heavy atom. The van der Waals surface area contributed by atoms with Gasteiger partial charge in [-0.25, -0.2) is 4.57 Å². The lowest BCUT2D eigenvalue weighted by atomic mass is 10.0. The molecule has 0 rings (SSSR count). The number of hydrogen-bond acceptors (Lipinski definition) is 8. The minimum atomic E-state index is -4.42. The SMILES string of the molecule is CC/C=C\C/C=C\C/C=C\C/C=C\C/C=C\C/C=C\C/C=C\C/C=C\C/C=C\CCCC(=O)OC(COC(=O)CCCCCCCCCCCCCCC/C=C\C/C=C\C/C=C\C/C=C\C/C=C\C/C=C\C/C=C\CC)COP(=O)(O)OCCN. The van der Waals surface area contributed by atoms with E-state index >= 15 is 0 Å². The molecule has 2 atom stereocenters. The van der Waals surface area contributed by atoms with E-state index < -0.39 is 32.5 Å². The predicted molar refractivity (Wildman–Crippen MR) is 366 cm³/mol. The van der Waals surface area contributed by atoms with E-state index in [2.05, 4.69) is 202 Å². The van der Waals surface area contributed by atoms with Crippen LogP contribution in [0.2, 0.25) is 0 Å². The Morgan fingerprint density at radius 2 is 0.624 bits per heavy atom. The summed E-state index contributed by atoms with van der Waals surface area (Å²) in [5.41, 5.74) is 5.39. The normalized spacial score (nSPS) is 14.3. The number of allylic oxidation sites excluding steroid dienone is 32. The first kappa shape index (κ1) is 79.8. The van der Waals surface area contributed by atoms with Gasteiger partial charge in [0.2, 0.25) is 0 Å². The van der Waals surface area contributed by atoms with Crippen molar-refractivity contribution < 1.29 is 37.6 Å². The van der Waals surface area contributed by atoms with Gasteiger partial charge in [-0.15, -0.1) is 0 Å². The van der Waals surface area contributed by atoms with Crippen LogP contribution >= 0.6 is 7.82 Å². The van der Waals surface area contributed by atoms with E-state index in [4.69, 9.17) is 24.3 Å². The Bertz CT molecular complexity index is 2090. The molecule has 0 spiro atoms. The summed E-state index contributed by atoms with van der Waals surface area (Å²) in [4.78, 5) is 35.3. The zero-order chi connectivity index (χ0) is 61.6. The van der Waals surface area contributed by atoms with Crippen molar-refractivity contribution in [3.63, 3.8) is 0 Å². The van der Waals surface area contributed by atoms with E-state index in [-0.39, 0.29) is 32.6 Å². The van der Waals surface area contributed by atoms with Crippen molar-refractivity contribution in [3.05, 3.63) is 194 Å². The number of ether oxygens (including phenoxy) is 2. The van der Waals surface area contributed by atoms with Gasteiger partial charge in [-0.1, -0.05) is 279 Å². The number of nitrogens with two attached hydrogens (primary N) is 1. The molecule has 85 heavy (non-hydrogen) atoms. The van der Waals surface area contributed by atoms with Crippen LogP contribution in [0, 0.1) is 0 Å². The van der Waals surface area contributed by atoms with Gasteiger partial charge in [-0.2, -0.15) is 0 Å². The van der Waals surface area contributed by atoms with Crippen LogP contribution < -0.4 is 5.73 Å². The molecule has 0 bridgehead atoms. The Balaban J connectivity index is 4.06. The second-order valence-corrected chi connectivity index (χ2v) is 22.3. The summed E-state index contributed by atoms with van der Waals surface area (Å²) < 4.78 is 33.0. The molecule has 0 aromatic heterocycles. The number of carbonyl (C=O) groups is 2. The molecule has 0 aromatic carbocycles. The van der Waals surface area contributed by atoms with E-state index in [0.29, 0.717) is 19.3 Å². The van der Waals surface area contributed by atoms with Gasteiger partial charge in [-0.3, -0.25) is 18.6 Å². The third-order valence-corrected chi connectivity index (χ3v) is 14.0. The monoisotopic (exact) mass is 1190 g/mol. The minimum Gasteiger partial charge on any atom is -0.462 e. The van der Waals surface area contributed by atoms with Gasteiger partial charge in [0.15, 0.2) is 6.10 Å². The van der Waals surface area contributed by atoms with E-state index in [1.807, 2.05) is 6.08 Å². The fourth-order valence-corrected chi connectivity index (χ4v) is 8.97. The Hall–Kier alpha value is -5.15. The van der Waals surface area contributed by atoms with Crippen molar-refractivity contribution in [2.75, 3.05) is 26.4 Å². The van der Waals surface area contributed by atoms with Gasteiger partial charge in [0.05, 0.1) is 13.2 Å². The molecule has 0 amide bonds. The predicted octanol–water partition coefficient (Wildman–Crippen LogP) is 21.7. The number of carbonyl (C=O) groups excluding carboxylic acids is 2. The van der Waals surface area contributed by atoms with Crippen LogP contribution in [-0.4, -0.2) is 49.3 Å². The number of hydrogen-bond donors (Lipinski definition) is 2. The summed E-state index contributed by atoms with van der Waals surface area (Å²) in [7, 11) is -4.42. The van der Waals surface area contributed by atoms with Crippen molar-refractivity contribution in [2.24, 2.45) is 5.73 Å². The largest absolute Gasteiger partial charge is 0.472 e. The summed E-state index contributed by atoms with van der Waals surface area (Å²) in [6.45, 7) is 3.43. The molecule has 2 unspecified atom stereocenters. The maximum Gasteiger partial charge on any atom is 0.472 e. The number of phosphoric acid groups is 1. The molecule has 0 aliphatic carbocycles. The fourth-order valence-electron chi connectivity index (χ4n) is 8.21. The second kappa shape index (κ2) is 68.0. The average Bonchev–Trinajstić information content (AvgIpc) is 3.52. The summed E-state index contributed by atoms with van der Waals surface area (Å²) in [6, 6.07) is 0. The molecule has 10 heteroatoms. The zero-order valence-corrected chi connectivity index (χ0v) is 54.1. The van der Waals surface area contributed by atoms with Crippen LogP contribution in [0.15, 0.2) is 194 Å². The fraction of sp³-hybridized carbons (Fsp3) is 0.547. The van der Waals surface area contributed by atoms with Crippen molar-refractivity contribution >= 4 is 19.8 Å². The third kappa shape index (κ3) is 67.8. The molecule has 0 heterocycles. The molecular formula is C75H118NO8P. The van der Waals surface area contributed by atoms with Gasteiger partial charge in [0, 0.05) is 19.4 Å².